The monoisotopic (exact) mass is 331 g/mol. The minimum atomic E-state index is -0.599. The lowest BCUT2D eigenvalue weighted by atomic mass is 10.1. The highest BCUT2D eigenvalue weighted by Crippen LogP contribution is 2.32. The molecular weight excluding hydrogens is 316 g/mol. The minimum Gasteiger partial charge on any atom is -0.361 e. The molecule has 0 fully saturated rings. The third kappa shape index (κ3) is 3.71. The van der Waals surface area contributed by atoms with Crippen molar-refractivity contribution in [3.05, 3.63) is 64.8 Å². The van der Waals surface area contributed by atoms with E-state index in [1.807, 2.05) is 25.1 Å². The maximum absolute atomic E-state index is 13.9. The zero-order chi connectivity index (χ0) is 16.2. The van der Waals surface area contributed by atoms with Crippen LogP contribution in [0.15, 0.2) is 42.6 Å². The summed E-state index contributed by atoms with van der Waals surface area (Å²) in [5.41, 5.74) is 1.86. The molecule has 3 aromatic rings. The summed E-state index contributed by atoms with van der Waals surface area (Å²) in [6, 6.07) is 9.34. The molecule has 0 spiro atoms. The molecule has 3 nitrogen and oxygen atoms in total. The van der Waals surface area contributed by atoms with Crippen LogP contribution in [0.25, 0.3) is 11.3 Å². The molecule has 1 N–H and O–H groups in total. The van der Waals surface area contributed by atoms with Crippen molar-refractivity contribution < 1.29 is 8.78 Å². The van der Waals surface area contributed by atoms with Gasteiger partial charge in [0, 0.05) is 41.4 Å². The van der Waals surface area contributed by atoms with Gasteiger partial charge in [-0.2, -0.15) is 0 Å². The van der Waals surface area contributed by atoms with E-state index in [-0.39, 0.29) is 0 Å². The number of anilines is 1. The van der Waals surface area contributed by atoms with Crippen molar-refractivity contribution in [3.63, 3.8) is 0 Å². The molecule has 3 rings (SSSR count). The number of aromatic nitrogens is 2. The first-order valence-electron chi connectivity index (χ1n) is 7.20. The van der Waals surface area contributed by atoms with E-state index in [1.54, 1.807) is 6.20 Å². The molecule has 0 saturated heterocycles. The Bertz CT molecular complexity index is 803. The third-order valence-corrected chi connectivity index (χ3v) is 4.29. The number of nitrogens with one attached hydrogen (secondary N) is 1. The normalized spacial score (nSPS) is 10.7. The topological polar surface area (TPSA) is 37.8 Å². The molecule has 0 atom stereocenters. The summed E-state index contributed by atoms with van der Waals surface area (Å²) in [5.74, 6) is -1.19. The van der Waals surface area contributed by atoms with Crippen LogP contribution in [0.2, 0.25) is 0 Å². The van der Waals surface area contributed by atoms with Crippen molar-refractivity contribution in [2.75, 3.05) is 11.9 Å². The smallest absolute Gasteiger partial charge is 0.183 e. The van der Waals surface area contributed by atoms with E-state index < -0.39 is 11.6 Å². The number of pyridine rings is 1. The van der Waals surface area contributed by atoms with Crippen molar-refractivity contribution in [1.82, 2.24) is 9.97 Å². The number of halogens is 2. The van der Waals surface area contributed by atoms with Crippen LogP contribution in [0, 0.1) is 18.6 Å². The Labute approximate surface area is 137 Å². The van der Waals surface area contributed by atoms with E-state index in [4.69, 9.17) is 0 Å². The van der Waals surface area contributed by atoms with Gasteiger partial charge in [-0.1, -0.05) is 6.07 Å². The van der Waals surface area contributed by atoms with Gasteiger partial charge in [0.05, 0.1) is 5.69 Å². The zero-order valence-corrected chi connectivity index (χ0v) is 13.3. The SMILES string of the molecule is Cc1sc(NCCc2ccccn2)nc1-c1ccc(F)cc1F. The molecule has 2 aromatic heterocycles. The zero-order valence-electron chi connectivity index (χ0n) is 12.5. The van der Waals surface area contributed by atoms with Crippen LogP contribution in [-0.4, -0.2) is 16.5 Å². The Morgan fingerprint density at radius 3 is 2.78 bits per heavy atom. The lowest BCUT2D eigenvalue weighted by Gasteiger charge is -2.02. The maximum Gasteiger partial charge on any atom is 0.183 e. The van der Waals surface area contributed by atoms with Crippen LogP contribution >= 0.6 is 11.3 Å². The molecule has 118 valence electrons. The first-order chi connectivity index (χ1) is 11.1. The van der Waals surface area contributed by atoms with E-state index in [9.17, 15) is 8.78 Å². The lowest BCUT2D eigenvalue weighted by Crippen LogP contribution is -2.05. The van der Waals surface area contributed by atoms with Gasteiger partial charge in [0.15, 0.2) is 5.13 Å². The molecule has 23 heavy (non-hydrogen) atoms. The highest BCUT2D eigenvalue weighted by Gasteiger charge is 2.14. The molecule has 0 aliphatic rings. The third-order valence-electron chi connectivity index (χ3n) is 3.37. The van der Waals surface area contributed by atoms with Gasteiger partial charge in [0.2, 0.25) is 0 Å². The Hall–Kier alpha value is -2.34. The summed E-state index contributed by atoms with van der Waals surface area (Å²) in [4.78, 5) is 9.57. The predicted octanol–water partition coefficient (Wildman–Crippen LogP) is 4.45. The van der Waals surface area contributed by atoms with E-state index in [1.165, 1.54) is 23.5 Å². The largest absolute Gasteiger partial charge is 0.361 e. The summed E-state index contributed by atoms with van der Waals surface area (Å²) in [6.45, 7) is 2.56. The summed E-state index contributed by atoms with van der Waals surface area (Å²) < 4.78 is 26.9. The van der Waals surface area contributed by atoms with E-state index in [2.05, 4.69) is 15.3 Å². The standard InChI is InChI=1S/C17H15F2N3S/c1-11-16(14-6-5-12(18)10-15(14)19)22-17(23-11)21-9-7-13-4-2-3-8-20-13/h2-6,8,10H,7,9H2,1H3,(H,21,22). The number of thiazole rings is 1. The number of hydrogen-bond acceptors (Lipinski definition) is 4. The van der Waals surface area contributed by atoms with E-state index >= 15 is 0 Å². The fourth-order valence-electron chi connectivity index (χ4n) is 2.25. The molecule has 0 bridgehead atoms. The van der Waals surface area contributed by atoms with E-state index in [0.29, 0.717) is 17.8 Å². The number of aryl methyl sites for hydroxylation is 1. The molecule has 0 unspecified atom stereocenters. The second-order valence-electron chi connectivity index (χ2n) is 5.05. The summed E-state index contributed by atoms with van der Waals surface area (Å²) in [5, 5.41) is 3.95. The first kappa shape index (κ1) is 15.6. The summed E-state index contributed by atoms with van der Waals surface area (Å²) >= 11 is 1.45. The molecule has 0 amide bonds. The van der Waals surface area contributed by atoms with Crippen LogP contribution in [0.3, 0.4) is 0 Å². The van der Waals surface area contributed by atoms with Gasteiger partial charge in [0.1, 0.15) is 11.6 Å². The molecule has 0 aliphatic heterocycles. The second kappa shape index (κ2) is 6.83. The van der Waals surface area contributed by atoms with Crippen molar-refractivity contribution in [2.24, 2.45) is 0 Å². The van der Waals surface area contributed by atoms with Gasteiger partial charge in [-0.15, -0.1) is 11.3 Å². The Morgan fingerprint density at radius 1 is 1.17 bits per heavy atom. The molecular formula is C17H15F2N3S. The van der Waals surface area contributed by atoms with Crippen molar-refractivity contribution in [2.45, 2.75) is 13.3 Å². The quantitative estimate of drug-likeness (QED) is 0.751. The molecule has 6 heteroatoms. The summed E-state index contributed by atoms with van der Waals surface area (Å²) in [6.07, 6.45) is 2.54. The van der Waals surface area contributed by atoms with Crippen LogP contribution in [0.4, 0.5) is 13.9 Å². The van der Waals surface area contributed by atoms with Crippen LogP contribution < -0.4 is 5.32 Å². The average molecular weight is 331 g/mol. The van der Waals surface area contributed by atoms with Gasteiger partial charge >= 0.3 is 0 Å². The Kier molecular flexibility index (Phi) is 4.62. The van der Waals surface area contributed by atoms with Crippen LogP contribution in [0.5, 0.6) is 0 Å². The number of rotatable bonds is 5. The predicted molar refractivity (Wildman–Crippen MR) is 88.6 cm³/mol. The molecule has 2 heterocycles. The Morgan fingerprint density at radius 2 is 2.04 bits per heavy atom. The Balaban J connectivity index is 1.71. The van der Waals surface area contributed by atoms with Crippen LogP contribution in [-0.2, 0) is 6.42 Å². The number of benzene rings is 1. The highest BCUT2D eigenvalue weighted by molar-refractivity contribution is 7.16. The van der Waals surface area contributed by atoms with Crippen molar-refractivity contribution >= 4 is 16.5 Å². The van der Waals surface area contributed by atoms with Crippen LogP contribution in [0.1, 0.15) is 10.6 Å². The van der Waals surface area contributed by atoms with E-state index in [0.717, 1.165) is 28.2 Å². The molecule has 0 radical (unpaired) electrons. The van der Waals surface area contributed by atoms with Gasteiger partial charge in [-0.25, -0.2) is 13.8 Å². The fraction of sp³-hybridized carbons (Fsp3) is 0.176. The van der Waals surface area contributed by atoms with Crippen molar-refractivity contribution in [3.8, 4) is 11.3 Å². The first-order valence-corrected chi connectivity index (χ1v) is 8.02. The number of hydrogen-bond donors (Lipinski definition) is 1. The van der Waals surface area contributed by atoms with Gasteiger partial charge in [0.25, 0.3) is 0 Å². The van der Waals surface area contributed by atoms with Gasteiger partial charge in [-0.05, 0) is 31.2 Å². The van der Waals surface area contributed by atoms with Gasteiger partial charge in [-0.3, -0.25) is 4.98 Å². The number of nitrogens with zero attached hydrogens (tertiary/aromatic N) is 2. The fourth-order valence-corrected chi connectivity index (χ4v) is 3.10. The van der Waals surface area contributed by atoms with Gasteiger partial charge < -0.3 is 5.32 Å². The van der Waals surface area contributed by atoms with Crippen molar-refractivity contribution in [1.29, 1.82) is 0 Å². The molecule has 0 saturated carbocycles. The second-order valence-corrected chi connectivity index (χ2v) is 6.25. The average Bonchev–Trinajstić information content (AvgIpc) is 2.89. The molecule has 1 aromatic carbocycles. The lowest BCUT2D eigenvalue weighted by molar-refractivity contribution is 0.585. The maximum atomic E-state index is 13.9. The summed E-state index contributed by atoms with van der Waals surface area (Å²) in [7, 11) is 0. The molecule has 0 aliphatic carbocycles. The highest BCUT2D eigenvalue weighted by atomic mass is 32.1. The minimum absolute atomic E-state index is 0.318.